The van der Waals surface area contributed by atoms with Crippen LogP contribution in [0.15, 0.2) is 24.3 Å². The van der Waals surface area contributed by atoms with E-state index in [1.165, 1.54) is 0 Å². The van der Waals surface area contributed by atoms with E-state index in [0.717, 1.165) is 30.0 Å². The highest BCUT2D eigenvalue weighted by molar-refractivity contribution is 6.30. The zero-order valence-electron chi connectivity index (χ0n) is 8.17. The number of alkyl halides is 1. The predicted octanol–water partition coefficient (Wildman–Crippen LogP) is 4.05. The van der Waals surface area contributed by atoms with Crippen molar-refractivity contribution in [3.63, 3.8) is 0 Å². The van der Waals surface area contributed by atoms with Crippen LogP contribution in [0.2, 0.25) is 5.02 Å². The number of rotatable bonds is 5. The Morgan fingerprint density at radius 3 is 2.50 bits per heavy atom. The summed E-state index contributed by atoms with van der Waals surface area (Å²) in [7, 11) is 1.70. The predicted molar refractivity (Wildman–Crippen MR) is 61.2 cm³/mol. The third kappa shape index (κ3) is 3.87. The SMILES string of the molecule is COCCCC(Cl)c1ccc(Cl)cc1. The van der Waals surface area contributed by atoms with Crippen molar-refractivity contribution in [3.05, 3.63) is 34.9 Å². The number of halogens is 2. The quantitative estimate of drug-likeness (QED) is 0.550. The molecule has 0 aliphatic carbocycles. The van der Waals surface area contributed by atoms with Crippen molar-refractivity contribution in [2.24, 2.45) is 0 Å². The van der Waals surface area contributed by atoms with E-state index in [2.05, 4.69) is 0 Å². The molecule has 1 rings (SSSR count). The molecule has 0 aromatic heterocycles. The van der Waals surface area contributed by atoms with Gasteiger partial charge in [0.1, 0.15) is 0 Å². The van der Waals surface area contributed by atoms with Crippen molar-refractivity contribution < 1.29 is 4.74 Å². The maximum Gasteiger partial charge on any atom is 0.0586 e. The number of hydrogen-bond acceptors (Lipinski definition) is 1. The lowest BCUT2D eigenvalue weighted by Crippen LogP contribution is -1.94. The van der Waals surface area contributed by atoms with Gasteiger partial charge in [-0.05, 0) is 30.5 Å². The summed E-state index contributed by atoms with van der Waals surface area (Å²) in [5.41, 5.74) is 1.12. The lowest BCUT2D eigenvalue weighted by molar-refractivity contribution is 0.192. The van der Waals surface area contributed by atoms with Gasteiger partial charge in [0.2, 0.25) is 0 Å². The van der Waals surface area contributed by atoms with Crippen LogP contribution >= 0.6 is 23.2 Å². The summed E-state index contributed by atoms with van der Waals surface area (Å²) in [6.07, 6.45) is 1.91. The molecule has 1 aromatic rings. The fourth-order valence-electron chi connectivity index (χ4n) is 1.25. The molecule has 0 spiro atoms. The van der Waals surface area contributed by atoms with Crippen LogP contribution in [0.5, 0.6) is 0 Å². The number of methoxy groups -OCH3 is 1. The molecule has 0 heterocycles. The summed E-state index contributed by atoms with van der Waals surface area (Å²) >= 11 is 12.0. The molecule has 0 radical (unpaired) electrons. The molecular weight excluding hydrogens is 219 g/mol. The molecule has 3 heteroatoms. The summed E-state index contributed by atoms with van der Waals surface area (Å²) in [5.74, 6) is 0. The van der Waals surface area contributed by atoms with E-state index < -0.39 is 0 Å². The molecule has 1 atom stereocenters. The molecule has 0 aliphatic rings. The van der Waals surface area contributed by atoms with Crippen LogP contribution in [0.4, 0.5) is 0 Å². The normalized spacial score (nSPS) is 12.8. The lowest BCUT2D eigenvalue weighted by atomic mass is 10.1. The Bertz CT molecular complexity index is 258. The Hall–Kier alpha value is -0.240. The molecule has 1 nitrogen and oxygen atoms in total. The van der Waals surface area contributed by atoms with E-state index in [4.69, 9.17) is 27.9 Å². The second-order valence-corrected chi connectivity index (χ2v) is 4.12. The summed E-state index contributed by atoms with van der Waals surface area (Å²) in [6, 6.07) is 7.66. The van der Waals surface area contributed by atoms with Crippen molar-refractivity contribution in [2.45, 2.75) is 18.2 Å². The van der Waals surface area contributed by atoms with Crippen LogP contribution < -0.4 is 0 Å². The first kappa shape index (κ1) is 11.8. The fraction of sp³-hybridized carbons (Fsp3) is 0.455. The Labute approximate surface area is 95.0 Å². The Balaban J connectivity index is 2.43. The Kier molecular flexibility index (Phi) is 5.31. The molecule has 78 valence electrons. The first-order chi connectivity index (χ1) is 6.74. The highest BCUT2D eigenvalue weighted by Gasteiger charge is 2.06. The lowest BCUT2D eigenvalue weighted by Gasteiger charge is -2.09. The standard InChI is InChI=1S/C11H14Cl2O/c1-14-8-2-3-11(13)9-4-6-10(12)7-5-9/h4-7,11H,2-3,8H2,1H3. The van der Waals surface area contributed by atoms with Gasteiger partial charge in [-0.25, -0.2) is 0 Å². The molecule has 0 bridgehead atoms. The second kappa shape index (κ2) is 6.28. The van der Waals surface area contributed by atoms with E-state index in [-0.39, 0.29) is 5.38 Å². The van der Waals surface area contributed by atoms with Gasteiger partial charge in [-0.2, -0.15) is 0 Å². The minimum Gasteiger partial charge on any atom is -0.385 e. The van der Waals surface area contributed by atoms with Crippen LogP contribution in [0.25, 0.3) is 0 Å². The Morgan fingerprint density at radius 2 is 1.93 bits per heavy atom. The van der Waals surface area contributed by atoms with Gasteiger partial charge >= 0.3 is 0 Å². The molecule has 1 unspecified atom stereocenters. The summed E-state index contributed by atoms with van der Waals surface area (Å²) in [6.45, 7) is 0.761. The van der Waals surface area contributed by atoms with E-state index >= 15 is 0 Å². The van der Waals surface area contributed by atoms with Crippen molar-refractivity contribution >= 4 is 23.2 Å². The third-order valence-electron chi connectivity index (χ3n) is 2.04. The van der Waals surface area contributed by atoms with Gasteiger partial charge < -0.3 is 4.74 Å². The average Bonchev–Trinajstić information content (AvgIpc) is 2.19. The smallest absolute Gasteiger partial charge is 0.0586 e. The van der Waals surface area contributed by atoms with E-state index in [1.807, 2.05) is 24.3 Å². The molecule has 0 aliphatic heterocycles. The molecule has 0 N–H and O–H groups in total. The zero-order valence-corrected chi connectivity index (χ0v) is 9.68. The van der Waals surface area contributed by atoms with Crippen LogP contribution in [0.3, 0.4) is 0 Å². The summed E-state index contributed by atoms with van der Waals surface area (Å²) in [4.78, 5) is 0. The average molecular weight is 233 g/mol. The van der Waals surface area contributed by atoms with Crippen molar-refractivity contribution in [2.75, 3.05) is 13.7 Å². The molecule has 1 aromatic carbocycles. The van der Waals surface area contributed by atoms with Crippen LogP contribution in [-0.2, 0) is 4.74 Å². The molecule has 0 saturated carbocycles. The third-order valence-corrected chi connectivity index (χ3v) is 2.76. The van der Waals surface area contributed by atoms with Gasteiger partial charge in [-0.15, -0.1) is 11.6 Å². The van der Waals surface area contributed by atoms with Gasteiger partial charge in [-0.3, -0.25) is 0 Å². The molecule has 0 fully saturated rings. The summed E-state index contributed by atoms with van der Waals surface area (Å²) < 4.78 is 4.97. The highest BCUT2D eigenvalue weighted by Crippen LogP contribution is 2.26. The number of ether oxygens (including phenoxy) is 1. The van der Waals surface area contributed by atoms with Crippen molar-refractivity contribution in [1.82, 2.24) is 0 Å². The largest absolute Gasteiger partial charge is 0.385 e. The zero-order chi connectivity index (χ0) is 10.4. The second-order valence-electron chi connectivity index (χ2n) is 3.15. The van der Waals surface area contributed by atoms with Crippen LogP contribution in [-0.4, -0.2) is 13.7 Å². The molecule has 0 saturated heterocycles. The van der Waals surface area contributed by atoms with Gasteiger partial charge in [0.25, 0.3) is 0 Å². The summed E-state index contributed by atoms with van der Waals surface area (Å²) in [5, 5.41) is 0.803. The van der Waals surface area contributed by atoms with E-state index in [9.17, 15) is 0 Å². The monoisotopic (exact) mass is 232 g/mol. The fourth-order valence-corrected chi connectivity index (χ4v) is 1.67. The first-order valence-corrected chi connectivity index (χ1v) is 5.44. The minimum atomic E-state index is 0.0578. The maximum absolute atomic E-state index is 6.20. The molecule has 14 heavy (non-hydrogen) atoms. The van der Waals surface area contributed by atoms with Crippen LogP contribution in [0, 0.1) is 0 Å². The van der Waals surface area contributed by atoms with E-state index in [0.29, 0.717) is 0 Å². The van der Waals surface area contributed by atoms with Gasteiger partial charge in [0, 0.05) is 18.7 Å². The van der Waals surface area contributed by atoms with Crippen molar-refractivity contribution in [1.29, 1.82) is 0 Å². The molecule has 0 amide bonds. The van der Waals surface area contributed by atoms with Gasteiger partial charge in [0.15, 0.2) is 0 Å². The van der Waals surface area contributed by atoms with Crippen molar-refractivity contribution in [3.8, 4) is 0 Å². The number of hydrogen-bond donors (Lipinski definition) is 0. The maximum atomic E-state index is 6.20. The van der Waals surface area contributed by atoms with Gasteiger partial charge in [-0.1, -0.05) is 23.7 Å². The topological polar surface area (TPSA) is 9.23 Å². The minimum absolute atomic E-state index is 0.0578. The highest BCUT2D eigenvalue weighted by atomic mass is 35.5. The first-order valence-electron chi connectivity index (χ1n) is 4.62. The molecular formula is C11H14Cl2O. The van der Waals surface area contributed by atoms with E-state index in [1.54, 1.807) is 7.11 Å². The van der Waals surface area contributed by atoms with Crippen LogP contribution in [0.1, 0.15) is 23.8 Å². The Morgan fingerprint density at radius 1 is 1.29 bits per heavy atom. The number of benzene rings is 1. The van der Waals surface area contributed by atoms with Gasteiger partial charge in [0.05, 0.1) is 5.38 Å².